The molecule has 1 N–H and O–H groups in total. The summed E-state index contributed by atoms with van der Waals surface area (Å²) in [4.78, 5) is 13.1. The molecule has 0 saturated heterocycles. The highest BCUT2D eigenvalue weighted by atomic mass is 35.5. The monoisotopic (exact) mass is 458 g/mol. The molecule has 0 aliphatic carbocycles. The van der Waals surface area contributed by atoms with Crippen LogP contribution < -0.4 is 14.4 Å². The van der Waals surface area contributed by atoms with E-state index in [1.54, 1.807) is 20.1 Å². The SMILES string of the molecule is CC[C@@H](C(=O)N[C@H](C)c1ccccc1OC)N(c1cc(Cl)cc(Cl)c1)S(C)(=O)=O. The van der Waals surface area contributed by atoms with Crippen molar-refractivity contribution in [3.8, 4) is 5.75 Å². The Morgan fingerprint density at radius 2 is 1.76 bits per heavy atom. The van der Waals surface area contributed by atoms with Crippen LogP contribution in [0.3, 0.4) is 0 Å². The number of para-hydroxylation sites is 1. The molecule has 1 amide bonds. The number of nitrogens with one attached hydrogen (secondary N) is 1. The zero-order valence-corrected chi connectivity index (χ0v) is 19.0. The van der Waals surface area contributed by atoms with Crippen LogP contribution in [0.25, 0.3) is 0 Å². The van der Waals surface area contributed by atoms with Crippen LogP contribution in [0.15, 0.2) is 42.5 Å². The molecule has 0 heterocycles. The summed E-state index contributed by atoms with van der Waals surface area (Å²) in [5, 5.41) is 3.44. The van der Waals surface area contributed by atoms with Gasteiger partial charge < -0.3 is 10.1 Å². The number of rotatable bonds is 8. The molecule has 0 fully saturated rings. The Hall–Kier alpha value is -1.96. The number of hydrogen-bond acceptors (Lipinski definition) is 4. The van der Waals surface area contributed by atoms with Gasteiger partial charge in [0, 0.05) is 15.6 Å². The number of sulfonamides is 1. The molecule has 0 aliphatic rings. The molecular weight excluding hydrogens is 435 g/mol. The summed E-state index contributed by atoms with van der Waals surface area (Å²) in [7, 11) is -2.24. The van der Waals surface area contributed by atoms with Crippen LogP contribution in [0.2, 0.25) is 10.0 Å². The van der Waals surface area contributed by atoms with Gasteiger partial charge in [0.15, 0.2) is 0 Å². The predicted molar refractivity (Wildman–Crippen MR) is 117 cm³/mol. The minimum absolute atomic E-state index is 0.233. The summed E-state index contributed by atoms with van der Waals surface area (Å²) in [6.45, 7) is 3.55. The number of carbonyl (C=O) groups is 1. The summed E-state index contributed by atoms with van der Waals surface area (Å²) in [5.41, 5.74) is 1.02. The first kappa shape index (κ1) is 23.3. The van der Waals surface area contributed by atoms with Crippen molar-refractivity contribution in [2.45, 2.75) is 32.4 Å². The number of benzene rings is 2. The fourth-order valence-corrected chi connectivity index (χ4v) is 4.85. The van der Waals surface area contributed by atoms with Crippen LogP contribution in [-0.4, -0.2) is 33.7 Å². The van der Waals surface area contributed by atoms with E-state index in [1.807, 2.05) is 25.1 Å². The van der Waals surface area contributed by atoms with Crippen LogP contribution in [0, 0.1) is 0 Å². The minimum atomic E-state index is -3.79. The Morgan fingerprint density at radius 1 is 1.17 bits per heavy atom. The molecule has 9 heteroatoms. The summed E-state index contributed by atoms with van der Waals surface area (Å²) in [6, 6.07) is 10.4. The van der Waals surface area contributed by atoms with Crippen molar-refractivity contribution in [1.82, 2.24) is 5.32 Å². The van der Waals surface area contributed by atoms with E-state index < -0.39 is 28.0 Å². The number of hydrogen-bond donors (Lipinski definition) is 1. The third-order valence-corrected chi connectivity index (χ3v) is 6.01. The molecule has 2 rings (SSSR count). The maximum absolute atomic E-state index is 13.1. The largest absolute Gasteiger partial charge is 0.496 e. The van der Waals surface area contributed by atoms with E-state index in [-0.39, 0.29) is 22.2 Å². The molecule has 0 bridgehead atoms. The Bertz CT molecular complexity index is 962. The van der Waals surface area contributed by atoms with Gasteiger partial charge in [0.25, 0.3) is 0 Å². The number of carbonyl (C=O) groups excluding carboxylic acids is 1. The lowest BCUT2D eigenvalue weighted by Crippen LogP contribution is -2.49. The van der Waals surface area contributed by atoms with Crippen molar-refractivity contribution in [1.29, 1.82) is 0 Å². The molecule has 2 atom stereocenters. The molecule has 0 radical (unpaired) electrons. The third kappa shape index (κ3) is 5.78. The molecule has 2 aromatic carbocycles. The van der Waals surface area contributed by atoms with Crippen molar-refractivity contribution in [2.75, 3.05) is 17.7 Å². The van der Waals surface area contributed by atoms with Crippen LogP contribution in [-0.2, 0) is 14.8 Å². The zero-order valence-electron chi connectivity index (χ0n) is 16.6. The smallest absolute Gasteiger partial charge is 0.244 e. The first-order valence-electron chi connectivity index (χ1n) is 8.97. The number of amides is 1. The predicted octanol–water partition coefficient (Wildman–Crippen LogP) is 4.42. The maximum atomic E-state index is 13.1. The van der Waals surface area contributed by atoms with E-state index in [9.17, 15) is 13.2 Å². The van der Waals surface area contributed by atoms with E-state index >= 15 is 0 Å². The van der Waals surface area contributed by atoms with Gasteiger partial charge in [0.2, 0.25) is 15.9 Å². The second-order valence-electron chi connectivity index (χ2n) is 6.58. The van der Waals surface area contributed by atoms with Gasteiger partial charge in [0.1, 0.15) is 11.8 Å². The van der Waals surface area contributed by atoms with E-state index in [0.717, 1.165) is 16.1 Å². The van der Waals surface area contributed by atoms with Gasteiger partial charge in [-0.25, -0.2) is 8.42 Å². The molecule has 6 nitrogen and oxygen atoms in total. The Morgan fingerprint density at radius 3 is 2.28 bits per heavy atom. The molecule has 0 aromatic heterocycles. The van der Waals surface area contributed by atoms with Gasteiger partial charge in [-0.15, -0.1) is 0 Å². The first-order valence-corrected chi connectivity index (χ1v) is 11.6. The topological polar surface area (TPSA) is 75.7 Å². The van der Waals surface area contributed by atoms with Crippen molar-refractivity contribution in [3.05, 3.63) is 58.1 Å². The summed E-state index contributed by atoms with van der Waals surface area (Å²) in [5.74, 6) is 0.197. The van der Waals surface area contributed by atoms with Gasteiger partial charge in [-0.05, 0) is 37.6 Å². The van der Waals surface area contributed by atoms with Crippen molar-refractivity contribution in [3.63, 3.8) is 0 Å². The quantitative estimate of drug-likeness (QED) is 0.634. The van der Waals surface area contributed by atoms with Gasteiger partial charge in [-0.3, -0.25) is 9.10 Å². The summed E-state index contributed by atoms with van der Waals surface area (Å²) in [6.07, 6.45) is 1.29. The molecule has 0 unspecified atom stereocenters. The number of halogens is 2. The van der Waals surface area contributed by atoms with Crippen LogP contribution in [0.4, 0.5) is 5.69 Å². The number of ether oxygens (including phenoxy) is 1. The molecular formula is C20H24Cl2N2O4S. The third-order valence-electron chi connectivity index (χ3n) is 4.40. The molecule has 0 spiro atoms. The van der Waals surface area contributed by atoms with Crippen molar-refractivity contribution >= 4 is 44.8 Å². The molecule has 2 aromatic rings. The Labute approximate surface area is 181 Å². The lowest BCUT2D eigenvalue weighted by atomic mass is 10.1. The van der Waals surface area contributed by atoms with Crippen LogP contribution >= 0.6 is 23.2 Å². The van der Waals surface area contributed by atoms with E-state index in [4.69, 9.17) is 27.9 Å². The van der Waals surface area contributed by atoms with Crippen LogP contribution in [0.1, 0.15) is 31.9 Å². The first-order chi connectivity index (χ1) is 13.6. The second-order valence-corrected chi connectivity index (χ2v) is 9.32. The average molecular weight is 459 g/mol. The summed E-state index contributed by atoms with van der Waals surface area (Å²) < 4.78 is 31.5. The maximum Gasteiger partial charge on any atom is 0.244 e. The highest BCUT2D eigenvalue weighted by molar-refractivity contribution is 7.92. The second kappa shape index (κ2) is 9.69. The Balaban J connectivity index is 2.38. The molecule has 29 heavy (non-hydrogen) atoms. The Kier molecular flexibility index (Phi) is 7.80. The molecule has 158 valence electrons. The summed E-state index contributed by atoms with van der Waals surface area (Å²) >= 11 is 12.1. The van der Waals surface area contributed by atoms with Gasteiger partial charge in [-0.2, -0.15) is 0 Å². The zero-order chi connectivity index (χ0) is 21.8. The van der Waals surface area contributed by atoms with Crippen molar-refractivity contribution < 1.29 is 17.9 Å². The van der Waals surface area contributed by atoms with Crippen LogP contribution in [0.5, 0.6) is 5.75 Å². The lowest BCUT2D eigenvalue weighted by molar-refractivity contribution is -0.122. The number of nitrogens with zero attached hydrogens (tertiary/aromatic N) is 1. The van der Waals surface area contributed by atoms with E-state index in [1.165, 1.54) is 18.2 Å². The number of anilines is 1. The van der Waals surface area contributed by atoms with Crippen molar-refractivity contribution in [2.24, 2.45) is 0 Å². The van der Waals surface area contributed by atoms with Gasteiger partial charge >= 0.3 is 0 Å². The van der Waals surface area contributed by atoms with E-state index in [2.05, 4.69) is 5.32 Å². The normalized spacial score (nSPS) is 13.4. The minimum Gasteiger partial charge on any atom is -0.496 e. The highest BCUT2D eigenvalue weighted by Gasteiger charge is 2.32. The van der Waals surface area contributed by atoms with Gasteiger partial charge in [-0.1, -0.05) is 48.3 Å². The highest BCUT2D eigenvalue weighted by Crippen LogP contribution is 2.30. The number of methoxy groups -OCH3 is 1. The van der Waals surface area contributed by atoms with Gasteiger partial charge in [0.05, 0.1) is 25.1 Å². The average Bonchev–Trinajstić information content (AvgIpc) is 2.63. The lowest BCUT2D eigenvalue weighted by Gasteiger charge is -2.31. The molecule has 0 saturated carbocycles. The fourth-order valence-electron chi connectivity index (χ4n) is 3.14. The molecule has 0 aliphatic heterocycles. The standard InChI is InChI=1S/C20H24Cl2N2O4S/c1-5-18(20(25)23-13(2)17-8-6-7-9-19(17)28-3)24(29(4,26)27)16-11-14(21)10-15(22)12-16/h6-13,18H,5H2,1-4H3,(H,23,25)/t13-,18+/m1/s1. The fraction of sp³-hybridized carbons (Fsp3) is 0.350. The van der Waals surface area contributed by atoms with E-state index in [0.29, 0.717) is 5.75 Å².